The summed E-state index contributed by atoms with van der Waals surface area (Å²) < 4.78 is 0. The number of aryl methyl sites for hydroxylation is 1. The lowest BCUT2D eigenvalue weighted by atomic mass is 10.0. The van der Waals surface area contributed by atoms with E-state index in [9.17, 15) is 4.79 Å². The van der Waals surface area contributed by atoms with Crippen molar-refractivity contribution in [2.75, 3.05) is 4.90 Å². The Bertz CT molecular complexity index is 453. The van der Waals surface area contributed by atoms with E-state index in [1.807, 2.05) is 31.2 Å². The molecule has 1 aromatic rings. The first-order chi connectivity index (χ1) is 8.20. The summed E-state index contributed by atoms with van der Waals surface area (Å²) in [6.07, 6.45) is 6.39. The molecule has 90 valence electrons. The van der Waals surface area contributed by atoms with E-state index in [2.05, 4.69) is 6.08 Å². The van der Waals surface area contributed by atoms with E-state index >= 15 is 0 Å². The van der Waals surface area contributed by atoms with Crippen molar-refractivity contribution >= 4 is 22.7 Å². The summed E-state index contributed by atoms with van der Waals surface area (Å²) in [7, 11) is 0. The second kappa shape index (κ2) is 5.37. The average molecular weight is 250 g/mol. The number of halogens is 1. The topological polar surface area (TPSA) is 20.3 Å². The number of nitrogens with zero attached hydrogens (tertiary/aromatic N) is 1. The highest BCUT2D eigenvalue weighted by Gasteiger charge is 2.20. The second-order valence-electron chi connectivity index (χ2n) is 4.32. The van der Waals surface area contributed by atoms with Gasteiger partial charge in [0.25, 0.3) is 0 Å². The van der Waals surface area contributed by atoms with Crippen LogP contribution >= 0.6 is 11.6 Å². The minimum Gasteiger partial charge on any atom is -0.271 e. The maximum atomic E-state index is 11.6. The standard InChI is InChI=1S/C14H16ClNO/c1-11-7-5-6-10-13(11)16(14(15)17)12-8-3-2-4-9-12/h5-8,10H,2-4,9H2,1H3. The van der Waals surface area contributed by atoms with E-state index in [1.54, 1.807) is 4.90 Å². The minimum absolute atomic E-state index is 0.424. The number of amides is 1. The van der Waals surface area contributed by atoms with E-state index in [0.717, 1.165) is 36.2 Å². The lowest BCUT2D eigenvalue weighted by Gasteiger charge is -2.26. The number of hydrogen-bond acceptors (Lipinski definition) is 1. The Morgan fingerprint density at radius 1 is 1.29 bits per heavy atom. The first-order valence-corrected chi connectivity index (χ1v) is 6.32. The smallest absolute Gasteiger partial charge is 0.271 e. The molecule has 0 atom stereocenters. The van der Waals surface area contributed by atoms with Crippen LogP contribution in [0.2, 0.25) is 0 Å². The molecule has 17 heavy (non-hydrogen) atoms. The molecular weight excluding hydrogens is 234 g/mol. The van der Waals surface area contributed by atoms with Gasteiger partial charge in [-0.1, -0.05) is 24.3 Å². The van der Waals surface area contributed by atoms with Crippen LogP contribution in [0.1, 0.15) is 31.2 Å². The maximum absolute atomic E-state index is 11.6. The van der Waals surface area contributed by atoms with Gasteiger partial charge in [-0.3, -0.25) is 9.69 Å². The molecule has 0 saturated heterocycles. The number of carbonyl (C=O) groups excluding carboxylic acids is 1. The predicted octanol–water partition coefficient (Wildman–Crippen LogP) is 4.62. The van der Waals surface area contributed by atoms with Crippen molar-refractivity contribution in [3.05, 3.63) is 41.6 Å². The van der Waals surface area contributed by atoms with Crippen molar-refractivity contribution in [2.45, 2.75) is 32.6 Å². The van der Waals surface area contributed by atoms with Crippen molar-refractivity contribution in [3.8, 4) is 0 Å². The van der Waals surface area contributed by atoms with E-state index in [-0.39, 0.29) is 0 Å². The molecule has 0 N–H and O–H groups in total. The summed E-state index contributed by atoms with van der Waals surface area (Å²) in [5, 5.41) is -0.424. The summed E-state index contributed by atoms with van der Waals surface area (Å²) in [6.45, 7) is 1.99. The number of benzene rings is 1. The van der Waals surface area contributed by atoms with Gasteiger partial charge in [0.2, 0.25) is 0 Å². The molecule has 0 unspecified atom stereocenters. The van der Waals surface area contributed by atoms with Crippen LogP contribution < -0.4 is 4.90 Å². The molecule has 2 rings (SSSR count). The molecule has 1 aliphatic rings. The molecule has 0 bridgehead atoms. The summed E-state index contributed by atoms with van der Waals surface area (Å²) in [4.78, 5) is 13.3. The molecule has 0 spiro atoms. The summed E-state index contributed by atoms with van der Waals surface area (Å²) in [5.41, 5.74) is 2.99. The van der Waals surface area contributed by atoms with Gasteiger partial charge in [-0.15, -0.1) is 0 Å². The van der Waals surface area contributed by atoms with Gasteiger partial charge in [0.05, 0.1) is 5.69 Å². The molecule has 0 saturated carbocycles. The Labute approximate surface area is 107 Å². The molecule has 2 nitrogen and oxygen atoms in total. The largest absolute Gasteiger partial charge is 0.325 e. The van der Waals surface area contributed by atoms with Crippen molar-refractivity contribution in [1.82, 2.24) is 0 Å². The first-order valence-electron chi connectivity index (χ1n) is 5.94. The van der Waals surface area contributed by atoms with Crippen LogP contribution in [0.25, 0.3) is 0 Å². The van der Waals surface area contributed by atoms with Crippen LogP contribution in [0.4, 0.5) is 10.5 Å². The summed E-state index contributed by atoms with van der Waals surface area (Å²) in [6, 6.07) is 7.82. The monoisotopic (exact) mass is 249 g/mol. The van der Waals surface area contributed by atoms with Crippen LogP contribution in [0.3, 0.4) is 0 Å². The number of rotatable bonds is 2. The zero-order chi connectivity index (χ0) is 12.3. The maximum Gasteiger partial charge on any atom is 0.325 e. The normalized spacial score (nSPS) is 15.3. The minimum atomic E-state index is -0.424. The SMILES string of the molecule is Cc1ccccc1N(C(=O)Cl)C1=CCCCC1. The third-order valence-corrected chi connectivity index (χ3v) is 3.26. The van der Waals surface area contributed by atoms with Crippen LogP contribution in [0, 0.1) is 6.92 Å². The summed E-state index contributed by atoms with van der Waals surface area (Å²) >= 11 is 5.73. The van der Waals surface area contributed by atoms with E-state index < -0.39 is 5.37 Å². The van der Waals surface area contributed by atoms with Gasteiger partial charge in [0.15, 0.2) is 0 Å². The van der Waals surface area contributed by atoms with Gasteiger partial charge >= 0.3 is 5.37 Å². The van der Waals surface area contributed by atoms with Crippen LogP contribution in [-0.4, -0.2) is 5.37 Å². The first kappa shape index (κ1) is 12.2. The zero-order valence-electron chi connectivity index (χ0n) is 9.95. The number of hydrogen-bond donors (Lipinski definition) is 0. The molecule has 1 aliphatic carbocycles. The van der Waals surface area contributed by atoms with Crippen molar-refractivity contribution < 1.29 is 4.79 Å². The quantitative estimate of drug-likeness (QED) is 0.553. The van der Waals surface area contributed by atoms with Gasteiger partial charge in [-0.2, -0.15) is 0 Å². The van der Waals surface area contributed by atoms with Crippen LogP contribution in [0.5, 0.6) is 0 Å². The lowest BCUT2D eigenvalue weighted by Crippen LogP contribution is -2.26. The van der Waals surface area contributed by atoms with E-state index in [4.69, 9.17) is 11.6 Å². The number of anilines is 1. The van der Waals surface area contributed by atoms with E-state index in [0.29, 0.717) is 0 Å². The molecular formula is C14H16ClNO. The fraction of sp³-hybridized carbons (Fsp3) is 0.357. The Balaban J connectivity index is 2.39. The molecule has 3 heteroatoms. The highest BCUT2D eigenvalue weighted by atomic mass is 35.5. The van der Waals surface area contributed by atoms with Crippen LogP contribution in [0.15, 0.2) is 36.0 Å². The van der Waals surface area contributed by atoms with Gasteiger partial charge in [-0.05, 0) is 55.8 Å². The second-order valence-corrected chi connectivity index (χ2v) is 4.64. The van der Waals surface area contributed by atoms with E-state index in [1.165, 1.54) is 6.42 Å². The average Bonchev–Trinajstić information content (AvgIpc) is 2.33. The Kier molecular flexibility index (Phi) is 3.85. The molecule has 0 aromatic heterocycles. The number of carbonyl (C=O) groups is 1. The Hall–Kier alpha value is -1.28. The van der Waals surface area contributed by atoms with Gasteiger partial charge in [-0.25, -0.2) is 0 Å². The molecule has 0 fully saturated rings. The molecule has 0 aliphatic heterocycles. The fourth-order valence-electron chi connectivity index (χ4n) is 2.20. The van der Waals surface area contributed by atoms with Crippen LogP contribution in [-0.2, 0) is 0 Å². The molecule has 0 radical (unpaired) electrons. The Morgan fingerprint density at radius 3 is 2.65 bits per heavy atom. The third-order valence-electron chi connectivity index (χ3n) is 3.09. The van der Waals surface area contributed by atoms with Crippen molar-refractivity contribution in [2.24, 2.45) is 0 Å². The predicted molar refractivity (Wildman–Crippen MR) is 71.5 cm³/mol. The number of allylic oxidation sites excluding steroid dienone is 2. The fourth-order valence-corrected chi connectivity index (χ4v) is 2.40. The van der Waals surface area contributed by atoms with Crippen molar-refractivity contribution in [3.63, 3.8) is 0 Å². The zero-order valence-corrected chi connectivity index (χ0v) is 10.7. The highest BCUT2D eigenvalue weighted by Crippen LogP contribution is 2.30. The van der Waals surface area contributed by atoms with Crippen molar-refractivity contribution in [1.29, 1.82) is 0 Å². The van der Waals surface area contributed by atoms with Gasteiger partial charge in [0.1, 0.15) is 0 Å². The molecule has 1 aromatic carbocycles. The molecule has 1 amide bonds. The Morgan fingerprint density at radius 2 is 2.06 bits per heavy atom. The van der Waals surface area contributed by atoms with Gasteiger partial charge < -0.3 is 0 Å². The molecule has 0 heterocycles. The lowest BCUT2D eigenvalue weighted by molar-refractivity contribution is 0.265. The summed E-state index contributed by atoms with van der Waals surface area (Å²) in [5.74, 6) is 0. The third kappa shape index (κ3) is 2.70. The number of para-hydroxylation sites is 1. The highest BCUT2D eigenvalue weighted by molar-refractivity contribution is 6.66. The van der Waals surface area contributed by atoms with Gasteiger partial charge in [0, 0.05) is 5.70 Å².